The molecule has 22 heavy (non-hydrogen) atoms. The summed E-state index contributed by atoms with van der Waals surface area (Å²) < 4.78 is 5.28. The van der Waals surface area contributed by atoms with E-state index < -0.39 is 0 Å². The van der Waals surface area contributed by atoms with Gasteiger partial charge in [0, 0.05) is 39.1 Å². The minimum absolute atomic E-state index is 0.0404. The summed E-state index contributed by atoms with van der Waals surface area (Å²) in [5, 5.41) is 7.60. The second-order valence-corrected chi connectivity index (χ2v) is 6.09. The molecule has 7 heteroatoms. The van der Waals surface area contributed by atoms with E-state index >= 15 is 0 Å². The number of ether oxygens (including phenoxy) is 1. The van der Waals surface area contributed by atoms with E-state index in [1.807, 2.05) is 11.4 Å². The van der Waals surface area contributed by atoms with Crippen molar-refractivity contribution in [3.05, 3.63) is 22.4 Å². The van der Waals surface area contributed by atoms with Crippen molar-refractivity contribution in [2.45, 2.75) is 12.8 Å². The van der Waals surface area contributed by atoms with E-state index in [1.165, 1.54) is 11.3 Å². The van der Waals surface area contributed by atoms with Gasteiger partial charge >= 0.3 is 0 Å². The van der Waals surface area contributed by atoms with Gasteiger partial charge in [0.05, 0.1) is 18.1 Å². The van der Waals surface area contributed by atoms with Gasteiger partial charge in [0.25, 0.3) is 5.91 Å². The smallest absolute Gasteiger partial charge is 0.261 e. The highest BCUT2D eigenvalue weighted by Gasteiger charge is 2.10. The number of nitrogens with zero attached hydrogens (tertiary/aromatic N) is 1. The highest BCUT2D eigenvalue weighted by atomic mass is 32.1. The molecular formula is C15H23N3O3S. The summed E-state index contributed by atoms with van der Waals surface area (Å²) in [5.41, 5.74) is 0. The monoisotopic (exact) mass is 325 g/mol. The Hall–Kier alpha value is -1.44. The third kappa shape index (κ3) is 6.13. The molecule has 0 aliphatic carbocycles. The average molecular weight is 325 g/mol. The first kappa shape index (κ1) is 16.9. The van der Waals surface area contributed by atoms with Crippen molar-refractivity contribution < 1.29 is 14.3 Å². The maximum Gasteiger partial charge on any atom is 0.261 e. The molecule has 122 valence electrons. The zero-order chi connectivity index (χ0) is 15.6. The SMILES string of the molecule is O=C(CCCNC(=O)c1cccs1)NCCN1CCOCC1. The van der Waals surface area contributed by atoms with Crippen LogP contribution in [0.3, 0.4) is 0 Å². The van der Waals surface area contributed by atoms with Crippen molar-refractivity contribution >= 4 is 23.2 Å². The first-order chi connectivity index (χ1) is 10.8. The highest BCUT2D eigenvalue weighted by molar-refractivity contribution is 7.12. The van der Waals surface area contributed by atoms with E-state index in [-0.39, 0.29) is 11.8 Å². The zero-order valence-electron chi connectivity index (χ0n) is 12.7. The zero-order valence-corrected chi connectivity index (χ0v) is 13.5. The maximum absolute atomic E-state index is 11.7. The molecule has 0 atom stereocenters. The molecule has 0 spiro atoms. The van der Waals surface area contributed by atoms with Gasteiger partial charge in [0.2, 0.25) is 5.91 Å². The molecule has 2 amide bonds. The number of hydrogen-bond donors (Lipinski definition) is 2. The molecule has 2 N–H and O–H groups in total. The van der Waals surface area contributed by atoms with Gasteiger partial charge in [0.1, 0.15) is 0 Å². The fraction of sp³-hybridized carbons (Fsp3) is 0.600. The van der Waals surface area contributed by atoms with E-state index in [1.54, 1.807) is 6.07 Å². The fourth-order valence-corrected chi connectivity index (χ4v) is 2.85. The van der Waals surface area contributed by atoms with Gasteiger partial charge in [-0.3, -0.25) is 14.5 Å². The topological polar surface area (TPSA) is 70.7 Å². The second kappa shape index (κ2) is 9.55. The third-order valence-corrected chi connectivity index (χ3v) is 4.33. The van der Waals surface area contributed by atoms with Gasteiger partial charge in [-0.25, -0.2) is 0 Å². The first-order valence-corrected chi connectivity index (χ1v) is 8.52. The molecular weight excluding hydrogens is 302 g/mol. The lowest BCUT2D eigenvalue weighted by Gasteiger charge is -2.26. The molecule has 0 unspecified atom stereocenters. The van der Waals surface area contributed by atoms with Crippen LogP contribution >= 0.6 is 11.3 Å². The molecule has 1 aromatic heterocycles. The van der Waals surface area contributed by atoms with Crippen molar-refractivity contribution in [3.8, 4) is 0 Å². The van der Waals surface area contributed by atoms with Gasteiger partial charge in [-0.2, -0.15) is 0 Å². The van der Waals surface area contributed by atoms with Crippen molar-refractivity contribution in [2.75, 3.05) is 45.9 Å². The van der Waals surface area contributed by atoms with Gasteiger partial charge in [0.15, 0.2) is 0 Å². The van der Waals surface area contributed by atoms with Gasteiger partial charge in [-0.15, -0.1) is 11.3 Å². The molecule has 1 aliphatic heterocycles. The van der Waals surface area contributed by atoms with E-state index in [2.05, 4.69) is 15.5 Å². The van der Waals surface area contributed by atoms with Crippen LogP contribution in [0.25, 0.3) is 0 Å². The van der Waals surface area contributed by atoms with E-state index in [0.29, 0.717) is 30.8 Å². The van der Waals surface area contributed by atoms with Gasteiger partial charge in [-0.05, 0) is 17.9 Å². The number of thiophene rings is 1. The molecule has 0 radical (unpaired) electrons. The van der Waals surface area contributed by atoms with Crippen LogP contribution in [0.1, 0.15) is 22.5 Å². The molecule has 1 aromatic rings. The average Bonchev–Trinajstić information content (AvgIpc) is 3.07. The lowest BCUT2D eigenvalue weighted by molar-refractivity contribution is -0.121. The number of amides is 2. The van der Waals surface area contributed by atoms with Crippen LogP contribution in [0, 0.1) is 0 Å². The summed E-state index contributed by atoms with van der Waals surface area (Å²) >= 11 is 1.42. The molecule has 0 bridgehead atoms. The lowest BCUT2D eigenvalue weighted by atomic mass is 10.3. The minimum Gasteiger partial charge on any atom is -0.379 e. The Morgan fingerprint density at radius 2 is 2.05 bits per heavy atom. The van der Waals surface area contributed by atoms with Crippen molar-refractivity contribution in [2.24, 2.45) is 0 Å². The largest absolute Gasteiger partial charge is 0.379 e. The van der Waals surface area contributed by atoms with Gasteiger partial charge in [-0.1, -0.05) is 6.07 Å². The molecule has 6 nitrogen and oxygen atoms in total. The van der Waals surface area contributed by atoms with Crippen molar-refractivity contribution in [1.29, 1.82) is 0 Å². The van der Waals surface area contributed by atoms with E-state index in [0.717, 1.165) is 32.8 Å². The Bertz CT molecular complexity index is 459. The van der Waals surface area contributed by atoms with Crippen LogP contribution in [-0.4, -0.2) is 62.7 Å². The van der Waals surface area contributed by atoms with Crippen LogP contribution in [-0.2, 0) is 9.53 Å². The fourth-order valence-electron chi connectivity index (χ4n) is 2.21. The predicted octanol–water partition coefficient (Wildman–Crippen LogP) is 0.707. The summed E-state index contributed by atoms with van der Waals surface area (Å²) in [4.78, 5) is 26.4. The van der Waals surface area contributed by atoms with Gasteiger partial charge < -0.3 is 15.4 Å². The van der Waals surface area contributed by atoms with Crippen LogP contribution in [0.5, 0.6) is 0 Å². The third-order valence-electron chi connectivity index (χ3n) is 3.47. The standard InChI is InChI=1S/C15H23N3O3S/c19-14(16-6-7-18-8-10-21-11-9-18)4-1-5-17-15(20)13-3-2-12-22-13/h2-3,12H,1,4-11H2,(H,16,19)(H,17,20). The molecule has 1 saturated heterocycles. The highest BCUT2D eigenvalue weighted by Crippen LogP contribution is 2.07. The molecule has 0 aromatic carbocycles. The number of carbonyl (C=O) groups excluding carboxylic acids is 2. The number of rotatable bonds is 8. The van der Waals surface area contributed by atoms with E-state index in [4.69, 9.17) is 4.74 Å². The predicted molar refractivity (Wildman–Crippen MR) is 86.2 cm³/mol. The summed E-state index contributed by atoms with van der Waals surface area (Å²) in [6.07, 6.45) is 1.09. The normalized spacial score (nSPS) is 15.5. The Kier molecular flexibility index (Phi) is 7.35. The lowest BCUT2D eigenvalue weighted by Crippen LogP contribution is -2.41. The Morgan fingerprint density at radius 3 is 2.77 bits per heavy atom. The Balaban J connectivity index is 1.48. The summed E-state index contributed by atoms with van der Waals surface area (Å²) in [6, 6.07) is 3.64. The van der Waals surface area contributed by atoms with E-state index in [9.17, 15) is 9.59 Å². The van der Waals surface area contributed by atoms with Crippen molar-refractivity contribution in [1.82, 2.24) is 15.5 Å². The molecule has 1 aliphatic rings. The Morgan fingerprint density at radius 1 is 1.23 bits per heavy atom. The number of hydrogen-bond acceptors (Lipinski definition) is 5. The van der Waals surface area contributed by atoms with Crippen LogP contribution < -0.4 is 10.6 Å². The second-order valence-electron chi connectivity index (χ2n) is 5.14. The number of nitrogens with one attached hydrogen (secondary N) is 2. The maximum atomic E-state index is 11.7. The summed E-state index contributed by atoms with van der Waals surface area (Å²) in [7, 11) is 0. The molecule has 2 heterocycles. The molecule has 1 fully saturated rings. The van der Waals surface area contributed by atoms with Crippen LogP contribution in [0.4, 0.5) is 0 Å². The van der Waals surface area contributed by atoms with Crippen LogP contribution in [0.2, 0.25) is 0 Å². The minimum atomic E-state index is -0.0669. The first-order valence-electron chi connectivity index (χ1n) is 7.64. The number of morpholine rings is 1. The summed E-state index contributed by atoms with van der Waals surface area (Å²) in [5.74, 6) is -0.0265. The summed E-state index contributed by atoms with van der Waals surface area (Å²) in [6.45, 7) is 5.48. The molecule has 2 rings (SSSR count). The molecule has 0 saturated carbocycles. The van der Waals surface area contributed by atoms with Crippen molar-refractivity contribution in [3.63, 3.8) is 0 Å². The number of carbonyl (C=O) groups is 2. The quantitative estimate of drug-likeness (QED) is 0.691. The Labute approximate surface area is 134 Å². The van der Waals surface area contributed by atoms with Crippen LogP contribution in [0.15, 0.2) is 17.5 Å².